The highest BCUT2D eigenvalue weighted by molar-refractivity contribution is 5.96. The van der Waals surface area contributed by atoms with Crippen LogP contribution in [-0.4, -0.2) is 32.5 Å². The summed E-state index contributed by atoms with van der Waals surface area (Å²) < 4.78 is 16.4. The van der Waals surface area contributed by atoms with Crippen molar-refractivity contribution in [2.75, 3.05) is 13.7 Å². The first-order valence-corrected chi connectivity index (χ1v) is 11.1. The number of rotatable bonds is 3. The Morgan fingerprint density at radius 2 is 1.74 bits per heavy atom. The van der Waals surface area contributed by atoms with Gasteiger partial charge in [0.05, 0.1) is 41.5 Å². The van der Waals surface area contributed by atoms with Crippen LogP contribution in [-0.2, 0) is 24.4 Å². The summed E-state index contributed by atoms with van der Waals surface area (Å²) in [6.07, 6.45) is -0.721. The van der Waals surface area contributed by atoms with Gasteiger partial charge in [0.25, 0.3) is 5.56 Å². The molecule has 8 nitrogen and oxygen atoms in total. The van der Waals surface area contributed by atoms with E-state index in [1.807, 2.05) is 44.2 Å². The molecule has 34 heavy (non-hydrogen) atoms. The average molecular weight is 462 g/mol. The Balaban J connectivity index is 2.01. The van der Waals surface area contributed by atoms with Crippen LogP contribution in [0.5, 0.6) is 11.5 Å². The Morgan fingerprint density at radius 3 is 2.41 bits per heavy atom. The molecule has 1 aliphatic rings. The van der Waals surface area contributed by atoms with Gasteiger partial charge in [-0.25, -0.2) is 4.79 Å². The van der Waals surface area contributed by atoms with Gasteiger partial charge in [0.1, 0.15) is 6.10 Å². The van der Waals surface area contributed by atoms with E-state index < -0.39 is 17.3 Å². The predicted octanol–water partition coefficient (Wildman–Crippen LogP) is 3.27. The number of hydrogen-bond donors (Lipinski definition) is 1. The minimum Gasteiger partial charge on any atom is -0.504 e. The highest BCUT2D eigenvalue weighted by Crippen LogP contribution is 2.48. The molecule has 0 saturated carbocycles. The molecular formula is C26H27N3O5. The van der Waals surface area contributed by atoms with Crippen LogP contribution in [0.4, 0.5) is 0 Å². The number of fused-ring (bicyclic) bond motifs is 3. The Kier molecular flexibility index (Phi) is 4.95. The van der Waals surface area contributed by atoms with Gasteiger partial charge in [-0.2, -0.15) is 0 Å². The lowest BCUT2D eigenvalue weighted by Gasteiger charge is -2.39. The maximum absolute atomic E-state index is 13.6. The first-order valence-electron chi connectivity index (χ1n) is 11.1. The molecule has 0 bridgehead atoms. The molecule has 3 heterocycles. The number of ether oxygens (including phenoxy) is 2. The SMILES string of the molecule is COc1cccc([C@H]2OCC(C)(C)n3c(-c4ccccc4)c4c(=O)n(C)c(=O)n(C)c4c32)c1O. The molecule has 176 valence electrons. The molecule has 2 aromatic heterocycles. The van der Waals surface area contributed by atoms with E-state index in [1.165, 1.54) is 18.7 Å². The van der Waals surface area contributed by atoms with Crippen LogP contribution in [0.2, 0.25) is 0 Å². The van der Waals surface area contributed by atoms with Gasteiger partial charge in [-0.15, -0.1) is 0 Å². The van der Waals surface area contributed by atoms with Gasteiger partial charge in [-0.05, 0) is 25.5 Å². The van der Waals surface area contributed by atoms with Gasteiger partial charge in [0, 0.05) is 19.7 Å². The number of phenols is 1. The van der Waals surface area contributed by atoms with Crippen LogP contribution < -0.4 is 16.0 Å². The normalized spacial score (nSPS) is 17.0. The first kappa shape index (κ1) is 22.0. The maximum Gasteiger partial charge on any atom is 0.331 e. The van der Waals surface area contributed by atoms with Crippen molar-refractivity contribution in [2.45, 2.75) is 25.5 Å². The van der Waals surface area contributed by atoms with Crippen molar-refractivity contribution in [1.29, 1.82) is 0 Å². The molecule has 8 heteroatoms. The zero-order valence-corrected chi connectivity index (χ0v) is 19.8. The molecule has 0 amide bonds. The third-order valence-corrected chi connectivity index (χ3v) is 6.65. The zero-order valence-electron chi connectivity index (χ0n) is 19.8. The van der Waals surface area contributed by atoms with E-state index in [-0.39, 0.29) is 11.3 Å². The monoisotopic (exact) mass is 461 g/mol. The molecule has 1 aliphatic heterocycles. The summed E-state index contributed by atoms with van der Waals surface area (Å²) in [5.74, 6) is 0.284. The van der Waals surface area contributed by atoms with Crippen LogP contribution in [0.3, 0.4) is 0 Å². The highest BCUT2D eigenvalue weighted by Gasteiger charge is 2.41. The molecule has 0 unspecified atom stereocenters. The van der Waals surface area contributed by atoms with Crippen molar-refractivity contribution in [3.05, 3.63) is 80.6 Å². The summed E-state index contributed by atoms with van der Waals surface area (Å²) in [5.41, 5.74) is 1.89. The number of nitrogens with zero attached hydrogens (tertiary/aromatic N) is 3. The molecule has 0 spiro atoms. The lowest BCUT2D eigenvalue weighted by molar-refractivity contribution is -0.00810. The standard InChI is InChI=1S/C26H27N3O5/c1-26(2)14-34-23(16-12-9-13-17(33-5)22(16)30)21-20-18(24(31)28(4)25(32)27(20)3)19(29(21)26)15-10-7-6-8-11-15/h6-13,23,30H,14H2,1-5H3/t23-/m1/s1. The number of hydrogen-bond acceptors (Lipinski definition) is 5. The number of benzene rings is 2. The molecule has 0 fully saturated rings. The summed E-state index contributed by atoms with van der Waals surface area (Å²) in [5, 5.41) is 11.4. The van der Waals surface area contributed by atoms with Gasteiger partial charge in [-0.3, -0.25) is 13.9 Å². The first-order chi connectivity index (χ1) is 16.2. The van der Waals surface area contributed by atoms with Gasteiger partial charge in [0.15, 0.2) is 11.5 Å². The Morgan fingerprint density at radius 1 is 1.03 bits per heavy atom. The zero-order chi connectivity index (χ0) is 24.4. The lowest BCUT2D eigenvalue weighted by atomic mass is 9.97. The van der Waals surface area contributed by atoms with Gasteiger partial charge >= 0.3 is 5.69 Å². The second kappa shape index (κ2) is 7.63. The van der Waals surface area contributed by atoms with Crippen LogP contribution in [0, 0.1) is 0 Å². The third-order valence-electron chi connectivity index (χ3n) is 6.65. The van der Waals surface area contributed by atoms with Crippen LogP contribution in [0.15, 0.2) is 58.1 Å². The fraction of sp³-hybridized carbons (Fsp3) is 0.308. The van der Waals surface area contributed by atoms with Crippen molar-refractivity contribution >= 4 is 10.9 Å². The van der Waals surface area contributed by atoms with E-state index in [4.69, 9.17) is 9.47 Å². The number of aromatic nitrogens is 3. The van der Waals surface area contributed by atoms with Crippen molar-refractivity contribution in [2.24, 2.45) is 14.1 Å². The number of phenolic OH excluding ortho intramolecular Hbond substituents is 1. The summed E-state index contributed by atoms with van der Waals surface area (Å²) in [4.78, 5) is 26.6. The van der Waals surface area contributed by atoms with Crippen LogP contribution in [0.25, 0.3) is 22.2 Å². The number of methoxy groups -OCH3 is 1. The second-order valence-electron chi connectivity index (χ2n) is 9.27. The lowest BCUT2D eigenvalue weighted by Crippen LogP contribution is -2.40. The maximum atomic E-state index is 13.6. The minimum atomic E-state index is -0.721. The van der Waals surface area contributed by atoms with Crippen molar-refractivity contribution in [3.8, 4) is 22.8 Å². The van der Waals surface area contributed by atoms with Gasteiger partial charge in [0.2, 0.25) is 0 Å². The summed E-state index contributed by atoms with van der Waals surface area (Å²) in [7, 11) is 4.63. The van der Waals surface area contributed by atoms with Crippen molar-refractivity contribution < 1.29 is 14.6 Å². The summed E-state index contributed by atoms with van der Waals surface area (Å²) in [6, 6.07) is 14.9. The van der Waals surface area contributed by atoms with E-state index in [2.05, 4.69) is 4.57 Å². The second-order valence-corrected chi connectivity index (χ2v) is 9.27. The van der Waals surface area contributed by atoms with E-state index in [0.29, 0.717) is 34.5 Å². The van der Waals surface area contributed by atoms with E-state index in [0.717, 1.165) is 15.8 Å². The molecular weight excluding hydrogens is 434 g/mol. The van der Waals surface area contributed by atoms with E-state index in [1.54, 1.807) is 25.2 Å². The number of aromatic hydroxyl groups is 1. The Bertz CT molecular complexity index is 1540. The molecule has 5 rings (SSSR count). The smallest absolute Gasteiger partial charge is 0.331 e. The predicted molar refractivity (Wildman–Crippen MR) is 130 cm³/mol. The fourth-order valence-electron chi connectivity index (χ4n) is 5.02. The molecule has 4 aromatic rings. The number of para-hydroxylation sites is 1. The molecule has 2 aromatic carbocycles. The Hall–Kier alpha value is -3.78. The summed E-state index contributed by atoms with van der Waals surface area (Å²) in [6.45, 7) is 4.40. The topological polar surface area (TPSA) is 87.6 Å². The van der Waals surface area contributed by atoms with Crippen molar-refractivity contribution in [3.63, 3.8) is 0 Å². The largest absolute Gasteiger partial charge is 0.504 e. The van der Waals surface area contributed by atoms with E-state index >= 15 is 0 Å². The third kappa shape index (κ3) is 2.95. The quantitative estimate of drug-likeness (QED) is 0.506. The molecule has 0 saturated heterocycles. The van der Waals surface area contributed by atoms with Crippen LogP contribution in [0.1, 0.15) is 31.2 Å². The minimum absolute atomic E-state index is 0.0364. The van der Waals surface area contributed by atoms with Crippen LogP contribution >= 0.6 is 0 Å². The Labute approximate surface area is 196 Å². The van der Waals surface area contributed by atoms with Gasteiger partial charge in [-0.1, -0.05) is 42.5 Å². The van der Waals surface area contributed by atoms with Gasteiger partial charge < -0.3 is 19.1 Å². The molecule has 0 aliphatic carbocycles. The fourth-order valence-corrected chi connectivity index (χ4v) is 5.02. The molecule has 0 radical (unpaired) electrons. The number of aryl methyl sites for hydroxylation is 1. The average Bonchev–Trinajstić information content (AvgIpc) is 3.20. The molecule has 1 N–H and O–H groups in total. The highest BCUT2D eigenvalue weighted by atomic mass is 16.5. The molecule has 1 atom stereocenters. The van der Waals surface area contributed by atoms with E-state index in [9.17, 15) is 14.7 Å². The van der Waals surface area contributed by atoms with Crippen molar-refractivity contribution in [1.82, 2.24) is 13.7 Å². The summed E-state index contributed by atoms with van der Waals surface area (Å²) >= 11 is 0.